The summed E-state index contributed by atoms with van der Waals surface area (Å²) >= 11 is 1.89. The molecule has 1 N–H and O–H groups in total. The van der Waals surface area contributed by atoms with E-state index < -0.39 is 5.69 Å². The van der Waals surface area contributed by atoms with E-state index in [9.17, 15) is 14.4 Å². The summed E-state index contributed by atoms with van der Waals surface area (Å²) in [4.78, 5) is 36.8. The monoisotopic (exact) mass is 408 g/mol. The van der Waals surface area contributed by atoms with Gasteiger partial charge in [-0.3, -0.25) is 19.1 Å². The molecular weight excluding hydrogens is 391 g/mol. The highest BCUT2D eigenvalue weighted by Crippen LogP contribution is 2.36. The number of nitrogens with one attached hydrogen (secondary N) is 1. The highest BCUT2D eigenvalue weighted by Gasteiger charge is 2.37. The van der Waals surface area contributed by atoms with Crippen LogP contribution >= 0.6 is 22.6 Å². The average Bonchev–Trinajstić information content (AvgIpc) is 2.76. The van der Waals surface area contributed by atoms with Crippen molar-refractivity contribution in [2.45, 2.75) is 31.9 Å². The molecule has 0 saturated heterocycles. The fourth-order valence-electron chi connectivity index (χ4n) is 2.76. The Balaban J connectivity index is 2.26. The van der Waals surface area contributed by atoms with E-state index in [2.05, 4.69) is 4.98 Å². The number of aromatic amines is 1. The fourth-order valence-corrected chi connectivity index (χ4v) is 3.20. The van der Waals surface area contributed by atoms with Crippen LogP contribution < -0.4 is 11.2 Å². The summed E-state index contributed by atoms with van der Waals surface area (Å²) in [5, 5.41) is 0. The summed E-state index contributed by atoms with van der Waals surface area (Å²) in [6.07, 6.45) is 2.47. The molecule has 8 heteroatoms. The maximum Gasteiger partial charge on any atom is 0.328 e. The molecule has 116 valence electrons. The molecule has 0 spiro atoms. The van der Waals surface area contributed by atoms with Gasteiger partial charge in [0.15, 0.2) is 0 Å². The first-order valence-corrected chi connectivity index (χ1v) is 7.67. The lowest BCUT2D eigenvalue weighted by Gasteiger charge is -2.17. The number of nitrogens with zero attached hydrogens (tertiary/aromatic N) is 1. The lowest BCUT2D eigenvalue weighted by atomic mass is 10.1. The zero-order valence-electron chi connectivity index (χ0n) is 11.8. The van der Waals surface area contributed by atoms with E-state index in [0.717, 1.165) is 0 Å². The molecule has 1 saturated carbocycles. The molecule has 1 aromatic rings. The van der Waals surface area contributed by atoms with E-state index in [-0.39, 0.29) is 29.6 Å². The number of hydrogen-bond donors (Lipinski definition) is 1. The van der Waals surface area contributed by atoms with Crippen LogP contribution in [0.4, 0.5) is 0 Å². The van der Waals surface area contributed by atoms with Crippen molar-refractivity contribution < 1.29 is 14.3 Å². The largest absolute Gasteiger partial charge is 0.462 e. The summed E-state index contributed by atoms with van der Waals surface area (Å²) in [6, 6.07) is -0.118. The van der Waals surface area contributed by atoms with Gasteiger partial charge >= 0.3 is 11.7 Å². The molecule has 2 rings (SSSR count). The molecule has 0 aromatic carbocycles. The van der Waals surface area contributed by atoms with Crippen molar-refractivity contribution in [2.24, 2.45) is 5.92 Å². The van der Waals surface area contributed by atoms with E-state index in [1.165, 1.54) is 11.5 Å². The van der Waals surface area contributed by atoms with Crippen molar-refractivity contribution in [3.63, 3.8) is 0 Å². The Morgan fingerprint density at radius 2 is 2.19 bits per heavy atom. The quantitative estimate of drug-likeness (QED) is 0.585. The molecule has 0 bridgehead atoms. The normalized spacial score (nSPS) is 25.0. The zero-order valence-corrected chi connectivity index (χ0v) is 14.0. The second kappa shape index (κ2) is 6.73. The number of carbonyl (C=O) groups excluding carboxylic acids is 1. The zero-order chi connectivity index (χ0) is 15.6. The molecule has 1 fully saturated rings. The Morgan fingerprint density at radius 1 is 1.48 bits per heavy atom. The van der Waals surface area contributed by atoms with Crippen LogP contribution in [0.15, 0.2) is 15.8 Å². The molecule has 0 unspecified atom stereocenters. The van der Waals surface area contributed by atoms with E-state index in [1.807, 2.05) is 22.6 Å². The van der Waals surface area contributed by atoms with Crippen LogP contribution in [-0.2, 0) is 14.3 Å². The van der Waals surface area contributed by atoms with Crippen molar-refractivity contribution in [1.82, 2.24) is 9.55 Å². The molecule has 3 atom stereocenters. The molecule has 0 radical (unpaired) electrons. The Labute approximate surface area is 134 Å². The Bertz CT molecular complexity index is 638. The van der Waals surface area contributed by atoms with Crippen LogP contribution in [0.1, 0.15) is 25.8 Å². The molecule has 7 nitrogen and oxygen atoms in total. The minimum Gasteiger partial charge on any atom is -0.462 e. The lowest BCUT2D eigenvalue weighted by Crippen LogP contribution is -2.33. The van der Waals surface area contributed by atoms with Gasteiger partial charge in [-0.05, 0) is 29.0 Å². The fraction of sp³-hybridized carbons (Fsp3) is 0.615. The Morgan fingerprint density at radius 3 is 2.81 bits per heavy atom. The average molecular weight is 408 g/mol. The van der Waals surface area contributed by atoms with Gasteiger partial charge in [0.05, 0.1) is 10.2 Å². The number of carbonyl (C=O) groups is 1. The summed E-state index contributed by atoms with van der Waals surface area (Å²) in [5.41, 5.74) is -0.829. The van der Waals surface area contributed by atoms with Gasteiger partial charge in [-0.15, -0.1) is 0 Å². The molecule has 0 aliphatic heterocycles. The van der Waals surface area contributed by atoms with Gasteiger partial charge in [0.1, 0.15) is 6.10 Å². The second-order valence-corrected chi connectivity index (χ2v) is 6.29. The first-order chi connectivity index (χ1) is 9.92. The first kappa shape index (κ1) is 16.2. The highest BCUT2D eigenvalue weighted by atomic mass is 127. The molecule has 1 aromatic heterocycles. The van der Waals surface area contributed by atoms with Crippen molar-refractivity contribution in [3.05, 3.63) is 30.6 Å². The number of halogens is 1. The third kappa shape index (κ3) is 3.73. The molecular formula is C13H17IN2O5. The number of aromatic nitrogens is 2. The number of methoxy groups -OCH3 is 1. The summed E-state index contributed by atoms with van der Waals surface area (Å²) in [6.45, 7) is 1.83. The maximum atomic E-state index is 11.9. The Kier molecular flexibility index (Phi) is 5.20. The van der Waals surface area contributed by atoms with Crippen LogP contribution in [0.2, 0.25) is 0 Å². The molecule has 0 amide bonds. The van der Waals surface area contributed by atoms with Crippen LogP contribution in [0, 0.1) is 9.49 Å². The second-order valence-electron chi connectivity index (χ2n) is 5.13. The predicted octanol–water partition coefficient (Wildman–Crippen LogP) is 0.670. The van der Waals surface area contributed by atoms with Gasteiger partial charge < -0.3 is 9.47 Å². The lowest BCUT2D eigenvalue weighted by molar-refractivity contribution is -0.148. The predicted molar refractivity (Wildman–Crippen MR) is 83.2 cm³/mol. The minimum atomic E-state index is -0.440. The molecule has 1 aliphatic carbocycles. The van der Waals surface area contributed by atoms with Gasteiger partial charge in [0.25, 0.3) is 5.56 Å². The van der Waals surface area contributed by atoms with Crippen LogP contribution in [0.5, 0.6) is 0 Å². The van der Waals surface area contributed by atoms with Gasteiger partial charge in [-0.1, -0.05) is 0 Å². The maximum absolute atomic E-state index is 11.9. The van der Waals surface area contributed by atoms with Crippen LogP contribution in [0.25, 0.3) is 0 Å². The standard InChI is InChI=1S/C13H17IN2O5/c1-7(17)21-11-4-9(3-8(11)6-20-2)16-5-10(14)12(18)15-13(16)19/h5,8-9,11H,3-4,6H2,1-2H3,(H,15,18,19)/t8-,9-,11-/m1/s1. The number of rotatable bonds is 4. The van der Waals surface area contributed by atoms with Gasteiger partial charge in [-0.25, -0.2) is 4.79 Å². The van der Waals surface area contributed by atoms with Crippen molar-refractivity contribution in [1.29, 1.82) is 0 Å². The van der Waals surface area contributed by atoms with E-state index in [0.29, 0.717) is 23.0 Å². The van der Waals surface area contributed by atoms with Crippen molar-refractivity contribution in [2.75, 3.05) is 13.7 Å². The highest BCUT2D eigenvalue weighted by molar-refractivity contribution is 14.1. The van der Waals surface area contributed by atoms with E-state index in [1.54, 1.807) is 13.3 Å². The van der Waals surface area contributed by atoms with Crippen molar-refractivity contribution >= 4 is 28.6 Å². The number of hydrogen-bond acceptors (Lipinski definition) is 5. The number of H-pyrrole nitrogens is 1. The third-order valence-corrected chi connectivity index (χ3v) is 4.39. The van der Waals surface area contributed by atoms with Gasteiger partial charge in [0.2, 0.25) is 0 Å². The smallest absolute Gasteiger partial charge is 0.328 e. The molecule has 1 heterocycles. The molecule has 21 heavy (non-hydrogen) atoms. The van der Waals surface area contributed by atoms with Crippen LogP contribution in [-0.4, -0.2) is 35.3 Å². The SMILES string of the molecule is COC[C@H]1C[C@@H](n2cc(I)c(=O)[nH]c2=O)C[C@H]1OC(C)=O. The topological polar surface area (TPSA) is 90.4 Å². The number of ether oxygens (including phenoxy) is 2. The Hall–Kier alpha value is -1.16. The minimum absolute atomic E-state index is 0.0420. The van der Waals surface area contributed by atoms with Gasteiger partial charge in [0, 0.05) is 38.6 Å². The summed E-state index contributed by atoms with van der Waals surface area (Å²) in [5.74, 6) is -0.300. The third-order valence-electron chi connectivity index (χ3n) is 3.62. The van der Waals surface area contributed by atoms with E-state index >= 15 is 0 Å². The first-order valence-electron chi connectivity index (χ1n) is 6.59. The summed E-state index contributed by atoms with van der Waals surface area (Å²) < 4.78 is 12.4. The van der Waals surface area contributed by atoms with Crippen molar-refractivity contribution in [3.8, 4) is 0 Å². The van der Waals surface area contributed by atoms with Gasteiger partial charge in [-0.2, -0.15) is 0 Å². The number of esters is 1. The van der Waals surface area contributed by atoms with E-state index in [4.69, 9.17) is 9.47 Å². The molecule has 1 aliphatic rings. The van der Waals surface area contributed by atoms with Crippen LogP contribution in [0.3, 0.4) is 0 Å². The summed E-state index contributed by atoms with van der Waals surface area (Å²) in [7, 11) is 1.59.